The van der Waals surface area contributed by atoms with Crippen LogP contribution >= 0.6 is 23.7 Å². The van der Waals surface area contributed by atoms with Crippen molar-refractivity contribution in [2.75, 3.05) is 45.2 Å². The van der Waals surface area contributed by atoms with Gasteiger partial charge in [0.15, 0.2) is 5.13 Å². The van der Waals surface area contributed by atoms with Gasteiger partial charge in [0.1, 0.15) is 5.75 Å². The molecule has 4 aromatic rings. The molecule has 0 saturated carbocycles. The Balaban J connectivity index is 0.00000370. The van der Waals surface area contributed by atoms with Gasteiger partial charge in [0.05, 0.1) is 21.7 Å². The Morgan fingerprint density at radius 1 is 1.02 bits per heavy atom. The van der Waals surface area contributed by atoms with Crippen LogP contribution in [0.15, 0.2) is 71.6 Å². The summed E-state index contributed by atoms with van der Waals surface area (Å²) in [5, 5.41) is 0.592. The quantitative estimate of drug-likeness (QED) is 0.267. The zero-order valence-corrected chi connectivity index (χ0v) is 25.2. The predicted molar refractivity (Wildman–Crippen MR) is 162 cm³/mol. The van der Waals surface area contributed by atoms with Crippen molar-refractivity contribution in [2.45, 2.75) is 24.8 Å². The molecule has 1 aliphatic heterocycles. The Hall–Kier alpha value is -3.02. The van der Waals surface area contributed by atoms with E-state index in [1.165, 1.54) is 33.3 Å². The molecule has 0 fully saturated rings. The van der Waals surface area contributed by atoms with Crippen LogP contribution in [0.25, 0.3) is 10.2 Å². The fourth-order valence-corrected chi connectivity index (χ4v) is 7.04. The number of amides is 1. The number of thiazole rings is 1. The number of likely N-dealkylation sites (N-methyl/N-ethyl adjacent to an activating group) is 1. The highest BCUT2D eigenvalue weighted by molar-refractivity contribution is 7.89. The summed E-state index contributed by atoms with van der Waals surface area (Å²) >= 11 is 1.43. The molecule has 3 aromatic carbocycles. The number of rotatable bonds is 9. The zero-order chi connectivity index (χ0) is 27.6. The highest BCUT2D eigenvalue weighted by atomic mass is 35.5. The molecular formula is C29H33ClN4O4S2. The fraction of sp³-hybridized carbons (Fsp3) is 0.310. The number of carbonyl (C=O) groups excluding carboxylic acids is 1. The lowest BCUT2D eigenvalue weighted by molar-refractivity contribution is 0.0985. The summed E-state index contributed by atoms with van der Waals surface area (Å²) in [6, 6.07) is 19.9. The van der Waals surface area contributed by atoms with Crippen molar-refractivity contribution in [1.82, 2.24) is 14.2 Å². The monoisotopic (exact) mass is 600 g/mol. The first-order chi connectivity index (χ1) is 18.8. The minimum Gasteiger partial charge on any atom is -0.494 e. The second-order valence-electron chi connectivity index (χ2n) is 9.70. The van der Waals surface area contributed by atoms with Crippen molar-refractivity contribution >= 4 is 55.0 Å². The smallest absolute Gasteiger partial charge is 0.260 e. The third kappa shape index (κ3) is 6.31. The van der Waals surface area contributed by atoms with Gasteiger partial charge in [-0.25, -0.2) is 13.4 Å². The molecule has 0 aliphatic carbocycles. The zero-order valence-electron chi connectivity index (χ0n) is 22.7. The molecule has 1 aromatic heterocycles. The largest absolute Gasteiger partial charge is 0.494 e. The van der Waals surface area contributed by atoms with Crippen LogP contribution in [-0.4, -0.2) is 68.9 Å². The van der Waals surface area contributed by atoms with Crippen molar-refractivity contribution in [3.05, 3.63) is 83.4 Å². The van der Waals surface area contributed by atoms with Crippen molar-refractivity contribution in [3.63, 3.8) is 0 Å². The van der Waals surface area contributed by atoms with Crippen LogP contribution in [0.5, 0.6) is 5.75 Å². The Morgan fingerprint density at radius 3 is 2.45 bits per heavy atom. The van der Waals surface area contributed by atoms with Gasteiger partial charge in [-0.3, -0.25) is 9.69 Å². The molecule has 11 heteroatoms. The number of halogens is 1. The summed E-state index contributed by atoms with van der Waals surface area (Å²) in [6.45, 7) is 4.38. The highest BCUT2D eigenvalue weighted by Gasteiger charge is 2.29. The molecule has 0 unspecified atom stereocenters. The highest BCUT2D eigenvalue weighted by Crippen LogP contribution is 2.32. The first kappa shape index (κ1) is 30.0. The molecule has 0 atom stereocenters. The van der Waals surface area contributed by atoms with E-state index in [1.807, 2.05) is 68.4 Å². The van der Waals surface area contributed by atoms with Crippen LogP contribution in [0.4, 0.5) is 5.13 Å². The number of hydrogen-bond donors (Lipinski definition) is 0. The molecule has 2 heterocycles. The second kappa shape index (κ2) is 12.7. The molecule has 0 saturated heterocycles. The molecule has 8 nitrogen and oxygen atoms in total. The summed E-state index contributed by atoms with van der Waals surface area (Å²) in [6.07, 6.45) is 0.682. The molecule has 1 amide bonds. The van der Waals surface area contributed by atoms with Crippen LogP contribution in [0.1, 0.15) is 28.4 Å². The van der Waals surface area contributed by atoms with E-state index in [9.17, 15) is 13.2 Å². The summed E-state index contributed by atoms with van der Waals surface area (Å²) in [5.74, 6) is 0.539. The van der Waals surface area contributed by atoms with Crippen molar-refractivity contribution in [1.29, 1.82) is 0 Å². The van der Waals surface area contributed by atoms with E-state index < -0.39 is 10.0 Å². The van der Waals surface area contributed by atoms with E-state index >= 15 is 0 Å². The van der Waals surface area contributed by atoms with Crippen molar-refractivity contribution < 1.29 is 17.9 Å². The SMILES string of the molecule is CCOc1ccc2nc(N(CCN(C)C)C(=O)c3ccc(S(=O)(=O)N4CCc5ccccc5C4)cc3)sc2c1.Cl. The molecular weight excluding hydrogens is 568 g/mol. The predicted octanol–water partition coefficient (Wildman–Crippen LogP) is 5.07. The van der Waals surface area contributed by atoms with E-state index in [2.05, 4.69) is 0 Å². The first-order valence-corrected chi connectivity index (χ1v) is 15.2. The van der Waals surface area contributed by atoms with Gasteiger partial charge >= 0.3 is 0 Å². The standard InChI is InChI=1S/C29H32N4O4S2.ClH/c1-4-37-24-11-14-26-27(19-24)38-29(30-26)33(18-17-31(2)3)28(34)22-9-12-25(13-10-22)39(35,36)32-16-15-21-7-5-6-8-23(21)20-32;/h5-14,19H,4,15-18,20H2,1-3H3;1H. The van der Waals surface area contributed by atoms with Crippen molar-refractivity contribution in [2.24, 2.45) is 0 Å². The van der Waals surface area contributed by atoms with Gasteiger partial charge in [-0.05, 0) is 81.0 Å². The molecule has 5 rings (SSSR count). The number of sulfonamides is 1. The third-order valence-electron chi connectivity index (χ3n) is 6.74. The lowest BCUT2D eigenvalue weighted by atomic mass is 10.0. The van der Waals surface area contributed by atoms with E-state index in [-0.39, 0.29) is 23.2 Å². The van der Waals surface area contributed by atoms with E-state index in [0.29, 0.717) is 49.9 Å². The number of carbonyl (C=O) groups is 1. The number of benzene rings is 3. The van der Waals surface area contributed by atoms with Crippen LogP contribution in [-0.2, 0) is 23.0 Å². The molecule has 40 heavy (non-hydrogen) atoms. The summed E-state index contributed by atoms with van der Waals surface area (Å²) in [4.78, 5) is 22.3. The summed E-state index contributed by atoms with van der Waals surface area (Å²) in [5.41, 5.74) is 3.42. The van der Waals surface area contributed by atoms with Crippen molar-refractivity contribution in [3.8, 4) is 5.75 Å². The first-order valence-electron chi connectivity index (χ1n) is 12.9. The number of ether oxygens (including phenoxy) is 1. The van der Waals surface area contributed by atoms with Crippen LogP contribution in [0.3, 0.4) is 0 Å². The lowest BCUT2D eigenvalue weighted by Gasteiger charge is -2.28. The summed E-state index contributed by atoms with van der Waals surface area (Å²) in [7, 11) is 0.217. The number of anilines is 1. The minimum atomic E-state index is -3.69. The van der Waals surface area contributed by atoms with Gasteiger partial charge in [0.2, 0.25) is 10.0 Å². The molecule has 1 aliphatic rings. The Labute approximate surface area is 245 Å². The van der Waals surface area contributed by atoms with E-state index in [4.69, 9.17) is 9.72 Å². The van der Waals surface area contributed by atoms with Gasteiger partial charge in [-0.2, -0.15) is 4.31 Å². The fourth-order valence-electron chi connectivity index (χ4n) is 4.60. The number of hydrogen-bond acceptors (Lipinski definition) is 7. The summed E-state index contributed by atoms with van der Waals surface area (Å²) < 4.78 is 34.8. The maximum Gasteiger partial charge on any atom is 0.260 e. The number of nitrogens with zero attached hydrogens (tertiary/aromatic N) is 4. The van der Waals surface area contributed by atoms with Crippen LogP contribution in [0.2, 0.25) is 0 Å². The Kier molecular flexibility index (Phi) is 9.48. The van der Waals surface area contributed by atoms with E-state index in [0.717, 1.165) is 21.5 Å². The number of aromatic nitrogens is 1. The van der Waals surface area contributed by atoms with Crippen LogP contribution in [0, 0.1) is 0 Å². The molecule has 0 bridgehead atoms. The molecule has 212 valence electrons. The third-order valence-corrected chi connectivity index (χ3v) is 9.64. The maximum absolute atomic E-state index is 13.7. The van der Waals surface area contributed by atoms with Gasteiger partial charge in [-0.15, -0.1) is 12.4 Å². The second-order valence-corrected chi connectivity index (χ2v) is 12.6. The molecule has 0 radical (unpaired) electrons. The van der Waals surface area contributed by atoms with Gasteiger partial charge in [0.25, 0.3) is 5.91 Å². The maximum atomic E-state index is 13.7. The minimum absolute atomic E-state index is 0. The molecule has 0 N–H and O–H groups in total. The topological polar surface area (TPSA) is 83.0 Å². The van der Waals surface area contributed by atoms with Gasteiger partial charge in [-0.1, -0.05) is 35.6 Å². The average molecular weight is 601 g/mol. The average Bonchev–Trinajstić information content (AvgIpc) is 3.36. The Morgan fingerprint density at radius 2 is 1.75 bits per heavy atom. The Bertz CT molecular complexity index is 1590. The number of fused-ring (bicyclic) bond motifs is 2. The lowest BCUT2D eigenvalue weighted by Crippen LogP contribution is -2.37. The van der Waals surface area contributed by atoms with E-state index in [1.54, 1.807) is 17.0 Å². The van der Waals surface area contributed by atoms with Gasteiger partial charge in [0, 0.05) is 31.7 Å². The normalized spacial score (nSPS) is 13.6. The van der Waals surface area contributed by atoms with Crippen LogP contribution < -0.4 is 9.64 Å². The van der Waals surface area contributed by atoms with Gasteiger partial charge < -0.3 is 9.64 Å². The molecule has 0 spiro atoms.